The maximum atomic E-state index is 12.7. The van der Waals surface area contributed by atoms with Crippen LogP contribution in [0.15, 0.2) is 35.2 Å². The summed E-state index contributed by atoms with van der Waals surface area (Å²) in [5, 5.41) is -0.709. The Kier molecular flexibility index (Phi) is 5.00. The fourth-order valence-corrected chi connectivity index (χ4v) is 4.57. The number of sulfone groups is 1. The molecule has 3 atom stereocenters. The monoisotopic (exact) mass is 312 g/mol. The van der Waals surface area contributed by atoms with Gasteiger partial charge in [-0.2, -0.15) is 0 Å². The molecule has 2 rings (SSSR count). The molecule has 0 spiro atoms. The van der Waals surface area contributed by atoms with E-state index < -0.39 is 27.2 Å². The third kappa shape index (κ3) is 3.63. The van der Waals surface area contributed by atoms with E-state index in [1.165, 1.54) is 0 Å². The van der Waals surface area contributed by atoms with Gasteiger partial charge in [-0.15, -0.1) is 0 Å². The smallest absolute Gasteiger partial charge is 0.308 e. The van der Waals surface area contributed by atoms with Crippen LogP contribution in [0.1, 0.15) is 26.7 Å². The number of ether oxygens (including phenoxy) is 2. The van der Waals surface area contributed by atoms with Gasteiger partial charge < -0.3 is 9.47 Å². The Morgan fingerprint density at radius 1 is 1.33 bits per heavy atom. The zero-order valence-electron chi connectivity index (χ0n) is 12.2. The van der Waals surface area contributed by atoms with Gasteiger partial charge in [0.15, 0.2) is 9.84 Å². The highest BCUT2D eigenvalue weighted by atomic mass is 32.2. The first-order valence-corrected chi connectivity index (χ1v) is 8.59. The number of benzene rings is 1. The zero-order valence-corrected chi connectivity index (χ0v) is 13.0. The Bertz CT molecular complexity index is 581. The molecule has 0 amide bonds. The largest absolute Gasteiger partial charge is 0.466 e. The predicted molar refractivity (Wildman–Crippen MR) is 77.6 cm³/mol. The number of esters is 1. The van der Waals surface area contributed by atoms with Gasteiger partial charge in [0.05, 0.1) is 35.4 Å². The molecular weight excluding hydrogens is 292 g/mol. The minimum absolute atomic E-state index is 0.0328. The van der Waals surface area contributed by atoms with Gasteiger partial charge in [0.25, 0.3) is 0 Å². The van der Waals surface area contributed by atoms with E-state index in [1.54, 1.807) is 37.3 Å². The van der Waals surface area contributed by atoms with Crippen molar-refractivity contribution in [1.82, 2.24) is 0 Å². The molecule has 21 heavy (non-hydrogen) atoms. The highest BCUT2D eigenvalue weighted by Gasteiger charge is 2.43. The van der Waals surface area contributed by atoms with Crippen LogP contribution < -0.4 is 0 Å². The van der Waals surface area contributed by atoms with Crippen molar-refractivity contribution in [1.29, 1.82) is 0 Å². The third-order valence-electron chi connectivity index (χ3n) is 3.53. The standard InChI is InChI=1S/C15H20O5S/c1-3-19-15(16)10-13-14(9-11(2)20-13)21(17,18)12-7-5-4-6-8-12/h4-8,11,13-14H,3,9-10H2,1-2H3. The number of hydrogen-bond acceptors (Lipinski definition) is 5. The normalized spacial score (nSPS) is 25.7. The summed E-state index contributed by atoms with van der Waals surface area (Å²) in [5.41, 5.74) is 0. The van der Waals surface area contributed by atoms with Crippen LogP contribution in [-0.2, 0) is 24.1 Å². The molecule has 1 aromatic rings. The van der Waals surface area contributed by atoms with Gasteiger partial charge in [0, 0.05) is 0 Å². The van der Waals surface area contributed by atoms with Crippen molar-refractivity contribution in [2.45, 2.75) is 49.0 Å². The van der Waals surface area contributed by atoms with Crippen molar-refractivity contribution in [3.05, 3.63) is 30.3 Å². The van der Waals surface area contributed by atoms with Gasteiger partial charge >= 0.3 is 5.97 Å². The van der Waals surface area contributed by atoms with Crippen molar-refractivity contribution in [3.63, 3.8) is 0 Å². The predicted octanol–water partition coefficient (Wildman–Crippen LogP) is 1.96. The molecule has 3 unspecified atom stereocenters. The summed E-state index contributed by atoms with van der Waals surface area (Å²) < 4.78 is 35.9. The lowest BCUT2D eigenvalue weighted by atomic mass is 10.1. The Labute approximate surface area is 125 Å². The molecule has 0 aliphatic carbocycles. The topological polar surface area (TPSA) is 69.7 Å². The number of carbonyl (C=O) groups is 1. The summed E-state index contributed by atoms with van der Waals surface area (Å²) in [5.74, 6) is -0.426. The molecule has 0 aromatic heterocycles. The Morgan fingerprint density at radius 2 is 2.00 bits per heavy atom. The summed E-state index contributed by atoms with van der Waals surface area (Å²) in [6.45, 7) is 3.81. The van der Waals surface area contributed by atoms with Crippen molar-refractivity contribution < 1.29 is 22.7 Å². The second-order valence-corrected chi connectivity index (χ2v) is 7.29. The number of rotatable bonds is 5. The summed E-state index contributed by atoms with van der Waals surface area (Å²) >= 11 is 0. The minimum Gasteiger partial charge on any atom is -0.466 e. The first-order valence-electron chi connectivity index (χ1n) is 7.05. The van der Waals surface area contributed by atoms with E-state index in [4.69, 9.17) is 9.47 Å². The van der Waals surface area contributed by atoms with Crippen LogP contribution in [0.4, 0.5) is 0 Å². The molecule has 1 saturated heterocycles. The Balaban J connectivity index is 2.22. The first kappa shape index (κ1) is 16.0. The van der Waals surface area contributed by atoms with Crippen molar-refractivity contribution in [2.24, 2.45) is 0 Å². The maximum absolute atomic E-state index is 12.7. The first-order chi connectivity index (χ1) is 9.95. The van der Waals surface area contributed by atoms with Gasteiger partial charge in [-0.1, -0.05) is 18.2 Å². The van der Waals surface area contributed by atoms with Gasteiger partial charge in [-0.25, -0.2) is 8.42 Å². The number of hydrogen-bond donors (Lipinski definition) is 0. The lowest BCUT2D eigenvalue weighted by Gasteiger charge is -2.18. The fourth-order valence-electron chi connectivity index (χ4n) is 2.60. The molecule has 1 fully saturated rings. The van der Waals surface area contributed by atoms with Gasteiger partial charge in [0.1, 0.15) is 0 Å². The lowest BCUT2D eigenvalue weighted by Crippen LogP contribution is -2.32. The van der Waals surface area contributed by atoms with Gasteiger partial charge in [-0.05, 0) is 32.4 Å². The van der Waals surface area contributed by atoms with Crippen LogP contribution in [0.5, 0.6) is 0 Å². The van der Waals surface area contributed by atoms with E-state index in [1.807, 2.05) is 6.92 Å². The average molecular weight is 312 g/mol. The van der Waals surface area contributed by atoms with E-state index in [0.29, 0.717) is 6.42 Å². The summed E-state index contributed by atoms with van der Waals surface area (Å²) in [7, 11) is -3.51. The summed E-state index contributed by atoms with van der Waals surface area (Å²) in [4.78, 5) is 11.9. The van der Waals surface area contributed by atoms with E-state index in [2.05, 4.69) is 0 Å². The quantitative estimate of drug-likeness (QED) is 0.777. The average Bonchev–Trinajstić information content (AvgIpc) is 2.81. The molecule has 0 radical (unpaired) electrons. The summed E-state index contributed by atoms with van der Waals surface area (Å²) in [6, 6.07) is 8.28. The second-order valence-electron chi connectivity index (χ2n) is 5.13. The molecule has 5 nitrogen and oxygen atoms in total. The van der Waals surface area contributed by atoms with Crippen LogP contribution >= 0.6 is 0 Å². The van der Waals surface area contributed by atoms with Crippen LogP contribution in [0, 0.1) is 0 Å². The van der Waals surface area contributed by atoms with Crippen LogP contribution in [-0.4, -0.2) is 38.5 Å². The molecule has 1 aromatic carbocycles. The minimum atomic E-state index is -3.51. The van der Waals surface area contributed by atoms with Crippen molar-refractivity contribution in [3.8, 4) is 0 Å². The molecule has 6 heteroatoms. The van der Waals surface area contributed by atoms with Gasteiger partial charge in [-0.3, -0.25) is 4.79 Å². The molecule has 116 valence electrons. The highest BCUT2D eigenvalue weighted by molar-refractivity contribution is 7.92. The van der Waals surface area contributed by atoms with Crippen LogP contribution in [0.25, 0.3) is 0 Å². The fraction of sp³-hybridized carbons (Fsp3) is 0.533. The molecule has 1 heterocycles. The number of carbonyl (C=O) groups excluding carboxylic acids is 1. The van der Waals surface area contributed by atoms with Crippen LogP contribution in [0.2, 0.25) is 0 Å². The van der Waals surface area contributed by atoms with E-state index in [9.17, 15) is 13.2 Å². The molecular formula is C15H20O5S. The molecule has 0 bridgehead atoms. The molecule has 0 saturated carbocycles. The van der Waals surface area contributed by atoms with E-state index in [-0.39, 0.29) is 24.0 Å². The SMILES string of the molecule is CCOC(=O)CC1OC(C)CC1S(=O)(=O)c1ccccc1. The molecule has 1 aliphatic heterocycles. The van der Waals surface area contributed by atoms with Crippen molar-refractivity contribution >= 4 is 15.8 Å². The van der Waals surface area contributed by atoms with Crippen LogP contribution in [0.3, 0.4) is 0 Å². The molecule has 0 N–H and O–H groups in total. The second kappa shape index (κ2) is 6.58. The lowest BCUT2D eigenvalue weighted by molar-refractivity contribution is -0.145. The molecule has 1 aliphatic rings. The third-order valence-corrected chi connectivity index (χ3v) is 5.75. The van der Waals surface area contributed by atoms with Gasteiger partial charge in [0.2, 0.25) is 0 Å². The maximum Gasteiger partial charge on any atom is 0.308 e. The summed E-state index contributed by atoms with van der Waals surface area (Å²) in [6.07, 6.45) is -0.479. The van der Waals surface area contributed by atoms with E-state index in [0.717, 1.165) is 0 Å². The highest BCUT2D eigenvalue weighted by Crippen LogP contribution is 2.32. The van der Waals surface area contributed by atoms with Crippen molar-refractivity contribution in [2.75, 3.05) is 6.61 Å². The zero-order chi connectivity index (χ0) is 15.5. The Morgan fingerprint density at radius 3 is 2.62 bits per heavy atom. The van der Waals surface area contributed by atoms with E-state index >= 15 is 0 Å². The Hall–Kier alpha value is -1.40.